The van der Waals surface area contributed by atoms with E-state index in [1.807, 2.05) is 27.8 Å². The van der Waals surface area contributed by atoms with Crippen molar-refractivity contribution in [3.05, 3.63) is 11.4 Å². The van der Waals surface area contributed by atoms with Crippen LogP contribution in [0.1, 0.15) is 18.3 Å². The van der Waals surface area contributed by atoms with E-state index in [2.05, 4.69) is 15.3 Å². The van der Waals surface area contributed by atoms with Gasteiger partial charge in [0.25, 0.3) is 15.2 Å². The standard InChI is InChI=1S/C10H16N6O2S/c1-5-16-9(12-13-10(16)19(11,17)18)8-6(2)14-15(4)7(8)3/h5H2,1-4H3,(H2,11,17,18). The van der Waals surface area contributed by atoms with Crippen molar-refractivity contribution in [1.82, 2.24) is 24.5 Å². The predicted octanol–water partition coefficient (Wildman–Crippen LogP) is -0.0373. The van der Waals surface area contributed by atoms with Gasteiger partial charge in [0, 0.05) is 19.3 Å². The summed E-state index contributed by atoms with van der Waals surface area (Å²) in [4.78, 5) is 0. The quantitative estimate of drug-likeness (QED) is 0.850. The highest BCUT2D eigenvalue weighted by Gasteiger charge is 2.24. The zero-order valence-electron chi connectivity index (χ0n) is 11.2. The minimum absolute atomic E-state index is 0.229. The molecule has 104 valence electrons. The molecule has 0 spiro atoms. The zero-order valence-corrected chi connectivity index (χ0v) is 12.1. The number of nitrogens with zero attached hydrogens (tertiary/aromatic N) is 5. The van der Waals surface area contributed by atoms with Crippen LogP contribution in [-0.4, -0.2) is 33.0 Å². The van der Waals surface area contributed by atoms with Crippen LogP contribution in [0.3, 0.4) is 0 Å². The molecule has 0 amide bonds. The summed E-state index contributed by atoms with van der Waals surface area (Å²) < 4.78 is 26.1. The van der Waals surface area contributed by atoms with Crippen LogP contribution >= 0.6 is 0 Å². The van der Waals surface area contributed by atoms with E-state index in [1.54, 1.807) is 4.68 Å². The van der Waals surface area contributed by atoms with Gasteiger partial charge >= 0.3 is 0 Å². The number of hydrogen-bond donors (Lipinski definition) is 1. The summed E-state index contributed by atoms with van der Waals surface area (Å²) >= 11 is 0. The van der Waals surface area contributed by atoms with E-state index in [1.165, 1.54) is 4.57 Å². The molecule has 0 fully saturated rings. The molecule has 0 saturated heterocycles. The summed E-state index contributed by atoms with van der Waals surface area (Å²) in [6.45, 7) is 5.94. The largest absolute Gasteiger partial charge is 0.297 e. The van der Waals surface area contributed by atoms with Crippen molar-refractivity contribution in [2.45, 2.75) is 32.5 Å². The molecule has 2 heterocycles. The molecule has 0 aliphatic heterocycles. The summed E-state index contributed by atoms with van der Waals surface area (Å²) in [6, 6.07) is 0. The van der Waals surface area contributed by atoms with Crippen molar-refractivity contribution < 1.29 is 8.42 Å². The third-order valence-electron chi connectivity index (χ3n) is 3.02. The second-order valence-corrected chi connectivity index (χ2v) is 5.72. The maximum absolute atomic E-state index is 11.5. The number of hydrogen-bond acceptors (Lipinski definition) is 5. The van der Waals surface area contributed by atoms with Crippen LogP contribution in [-0.2, 0) is 23.6 Å². The molecular weight excluding hydrogens is 268 g/mol. The van der Waals surface area contributed by atoms with Crippen LogP contribution in [0.15, 0.2) is 5.16 Å². The van der Waals surface area contributed by atoms with Crippen molar-refractivity contribution in [2.24, 2.45) is 12.2 Å². The fourth-order valence-corrected chi connectivity index (χ4v) is 2.74. The summed E-state index contributed by atoms with van der Waals surface area (Å²) in [6.07, 6.45) is 0. The number of rotatable bonds is 3. The molecule has 0 radical (unpaired) electrons. The Morgan fingerprint density at radius 2 is 1.89 bits per heavy atom. The van der Waals surface area contributed by atoms with Gasteiger partial charge in [-0.15, -0.1) is 10.2 Å². The Balaban J connectivity index is 2.74. The Kier molecular flexibility index (Phi) is 3.19. The smallest absolute Gasteiger partial charge is 0.273 e. The highest BCUT2D eigenvalue weighted by atomic mass is 32.2. The first-order chi connectivity index (χ1) is 8.77. The summed E-state index contributed by atoms with van der Waals surface area (Å²) in [5, 5.41) is 16.8. The van der Waals surface area contributed by atoms with Gasteiger partial charge in [-0.1, -0.05) is 0 Å². The molecule has 0 bridgehead atoms. The molecule has 19 heavy (non-hydrogen) atoms. The number of aromatic nitrogens is 5. The van der Waals surface area contributed by atoms with Crippen molar-refractivity contribution >= 4 is 10.0 Å². The van der Waals surface area contributed by atoms with Crippen molar-refractivity contribution in [3.63, 3.8) is 0 Å². The average molecular weight is 284 g/mol. The van der Waals surface area contributed by atoms with E-state index < -0.39 is 10.0 Å². The molecule has 8 nitrogen and oxygen atoms in total. The van der Waals surface area contributed by atoms with E-state index in [0.29, 0.717) is 12.4 Å². The van der Waals surface area contributed by atoms with Crippen LogP contribution in [0, 0.1) is 13.8 Å². The molecule has 2 rings (SSSR count). The molecule has 0 atom stereocenters. The van der Waals surface area contributed by atoms with Crippen LogP contribution in [0.25, 0.3) is 11.4 Å². The summed E-state index contributed by atoms with van der Waals surface area (Å²) in [5.41, 5.74) is 2.44. The second kappa shape index (κ2) is 4.42. The van der Waals surface area contributed by atoms with Crippen LogP contribution in [0.4, 0.5) is 0 Å². The molecule has 0 saturated carbocycles. The SMILES string of the molecule is CCn1c(-c2c(C)nn(C)c2C)nnc1S(N)(=O)=O. The van der Waals surface area contributed by atoms with E-state index in [9.17, 15) is 8.42 Å². The van der Waals surface area contributed by atoms with Crippen LogP contribution in [0.2, 0.25) is 0 Å². The molecule has 2 aromatic heterocycles. The monoisotopic (exact) mass is 284 g/mol. The van der Waals surface area contributed by atoms with Gasteiger partial charge in [0.05, 0.1) is 11.3 Å². The molecule has 2 aromatic rings. The normalized spacial score (nSPS) is 12.1. The van der Waals surface area contributed by atoms with E-state index in [4.69, 9.17) is 5.14 Å². The average Bonchev–Trinajstić information content (AvgIpc) is 2.81. The van der Waals surface area contributed by atoms with Crippen molar-refractivity contribution in [3.8, 4) is 11.4 Å². The van der Waals surface area contributed by atoms with Gasteiger partial charge in [-0.2, -0.15) is 5.10 Å². The Morgan fingerprint density at radius 1 is 1.26 bits per heavy atom. The topological polar surface area (TPSA) is 109 Å². The lowest BCUT2D eigenvalue weighted by Gasteiger charge is -2.06. The number of nitrogens with two attached hydrogens (primary N) is 1. The highest BCUT2D eigenvalue weighted by molar-refractivity contribution is 7.89. The highest BCUT2D eigenvalue weighted by Crippen LogP contribution is 2.26. The molecule has 0 aromatic carbocycles. The zero-order chi connectivity index (χ0) is 14.4. The second-order valence-electron chi connectivity index (χ2n) is 4.26. The number of aryl methyl sites for hydroxylation is 2. The summed E-state index contributed by atoms with van der Waals surface area (Å²) in [5.74, 6) is 0.467. The first kappa shape index (κ1) is 13.7. The lowest BCUT2D eigenvalue weighted by Crippen LogP contribution is -2.18. The third kappa shape index (κ3) is 2.15. The van der Waals surface area contributed by atoms with Gasteiger partial charge in [0.1, 0.15) is 0 Å². The van der Waals surface area contributed by atoms with Crippen LogP contribution in [0.5, 0.6) is 0 Å². The van der Waals surface area contributed by atoms with E-state index in [0.717, 1.165) is 17.0 Å². The van der Waals surface area contributed by atoms with Gasteiger partial charge in [0.2, 0.25) is 0 Å². The molecule has 2 N–H and O–H groups in total. The lowest BCUT2D eigenvalue weighted by molar-refractivity contribution is 0.570. The molecule has 0 aliphatic carbocycles. The minimum atomic E-state index is -3.89. The first-order valence-electron chi connectivity index (χ1n) is 5.74. The maximum Gasteiger partial charge on any atom is 0.273 e. The Labute approximate surface area is 111 Å². The third-order valence-corrected chi connectivity index (χ3v) is 3.83. The Bertz CT molecular complexity index is 728. The molecule has 0 aliphatic rings. The minimum Gasteiger partial charge on any atom is -0.297 e. The maximum atomic E-state index is 11.5. The fourth-order valence-electron chi connectivity index (χ4n) is 2.07. The Hall–Kier alpha value is -1.74. The van der Waals surface area contributed by atoms with Crippen molar-refractivity contribution in [1.29, 1.82) is 0 Å². The summed E-state index contributed by atoms with van der Waals surface area (Å²) in [7, 11) is -2.07. The molecular formula is C10H16N6O2S. The fraction of sp³-hybridized carbons (Fsp3) is 0.500. The number of primary sulfonamides is 1. The van der Waals surface area contributed by atoms with Gasteiger partial charge in [0.15, 0.2) is 5.82 Å². The van der Waals surface area contributed by atoms with Gasteiger partial charge in [-0.25, -0.2) is 13.6 Å². The molecule has 0 unspecified atom stereocenters. The predicted molar refractivity (Wildman–Crippen MR) is 68.7 cm³/mol. The number of sulfonamides is 1. The van der Waals surface area contributed by atoms with Gasteiger partial charge in [-0.05, 0) is 20.8 Å². The lowest BCUT2D eigenvalue weighted by atomic mass is 10.2. The Morgan fingerprint density at radius 3 is 2.32 bits per heavy atom. The molecule has 9 heteroatoms. The van der Waals surface area contributed by atoms with Gasteiger partial charge in [-0.3, -0.25) is 9.25 Å². The van der Waals surface area contributed by atoms with E-state index >= 15 is 0 Å². The van der Waals surface area contributed by atoms with Crippen LogP contribution < -0.4 is 5.14 Å². The first-order valence-corrected chi connectivity index (χ1v) is 7.28. The van der Waals surface area contributed by atoms with E-state index in [-0.39, 0.29) is 5.16 Å². The van der Waals surface area contributed by atoms with Gasteiger partial charge < -0.3 is 0 Å². The van der Waals surface area contributed by atoms with Crippen molar-refractivity contribution in [2.75, 3.05) is 0 Å².